The third-order valence-electron chi connectivity index (χ3n) is 3.98. The van der Waals surface area contributed by atoms with E-state index < -0.39 is 0 Å². The molecule has 2 rings (SSSR count). The molecule has 19 heavy (non-hydrogen) atoms. The molecule has 1 aliphatic rings. The Labute approximate surface area is 118 Å². The van der Waals surface area contributed by atoms with E-state index in [4.69, 9.17) is 5.10 Å². The number of rotatable bonds is 1. The van der Waals surface area contributed by atoms with Crippen molar-refractivity contribution in [3.05, 3.63) is 17.5 Å². The summed E-state index contributed by atoms with van der Waals surface area (Å²) in [6.45, 7) is 15.9. The molecule has 1 aromatic rings. The van der Waals surface area contributed by atoms with Crippen LogP contribution in [0.5, 0.6) is 0 Å². The lowest BCUT2D eigenvalue weighted by Gasteiger charge is -2.23. The summed E-state index contributed by atoms with van der Waals surface area (Å²) in [6, 6.07) is 2.86. The Kier molecular flexibility index (Phi) is 3.54. The number of likely N-dealkylation sites (tertiary alicyclic amines) is 1. The number of aromatic nitrogens is 2. The largest absolute Gasteiger partial charge is 0.304 e. The second kappa shape index (κ2) is 4.62. The van der Waals surface area contributed by atoms with Gasteiger partial charge in [-0.15, -0.1) is 0 Å². The first-order chi connectivity index (χ1) is 8.59. The predicted molar refractivity (Wildman–Crippen MR) is 80.8 cm³/mol. The first-order valence-corrected chi connectivity index (χ1v) is 7.38. The smallest absolute Gasteiger partial charge is 0.0681 e. The van der Waals surface area contributed by atoms with Crippen molar-refractivity contribution < 1.29 is 0 Å². The second-order valence-corrected chi connectivity index (χ2v) is 8.06. The van der Waals surface area contributed by atoms with Gasteiger partial charge in [0.25, 0.3) is 0 Å². The minimum atomic E-state index is 0.121. The number of hydrogen-bond acceptors (Lipinski definition) is 2. The van der Waals surface area contributed by atoms with Gasteiger partial charge in [-0.25, -0.2) is 0 Å². The lowest BCUT2D eigenvalue weighted by atomic mass is 9.87. The van der Waals surface area contributed by atoms with Crippen molar-refractivity contribution in [2.75, 3.05) is 20.1 Å². The number of hydrogen-bond donors (Lipinski definition) is 0. The van der Waals surface area contributed by atoms with Crippen molar-refractivity contribution in [3.8, 4) is 0 Å². The molecule has 0 aliphatic carbocycles. The molecular weight excluding hydrogens is 234 g/mol. The first kappa shape index (κ1) is 14.6. The average Bonchev–Trinajstić information content (AvgIpc) is 2.79. The molecule has 0 bridgehead atoms. The standard InChI is InChI=1S/C16H29N3/c1-15(2,3)13-10-14(16(4,5)6)19(17-13)12-8-9-18(7)11-12/h10,12H,8-9,11H2,1-7H3. The molecule has 0 saturated carbocycles. The van der Waals surface area contributed by atoms with E-state index in [-0.39, 0.29) is 10.8 Å². The van der Waals surface area contributed by atoms with Crippen molar-refractivity contribution in [2.24, 2.45) is 0 Å². The van der Waals surface area contributed by atoms with Crippen molar-refractivity contribution in [2.45, 2.75) is 64.8 Å². The molecule has 0 radical (unpaired) electrons. The van der Waals surface area contributed by atoms with Crippen molar-refractivity contribution >= 4 is 0 Å². The molecule has 0 N–H and O–H groups in total. The van der Waals surface area contributed by atoms with Crippen LogP contribution in [0.3, 0.4) is 0 Å². The van der Waals surface area contributed by atoms with Crippen LogP contribution in [-0.2, 0) is 10.8 Å². The monoisotopic (exact) mass is 263 g/mol. The summed E-state index contributed by atoms with van der Waals surface area (Å²) in [7, 11) is 2.20. The summed E-state index contributed by atoms with van der Waals surface area (Å²) in [6.07, 6.45) is 1.21. The highest BCUT2D eigenvalue weighted by Gasteiger charge is 2.31. The lowest BCUT2D eigenvalue weighted by Crippen LogP contribution is -2.24. The van der Waals surface area contributed by atoms with E-state index >= 15 is 0 Å². The minimum Gasteiger partial charge on any atom is -0.304 e. The van der Waals surface area contributed by atoms with Gasteiger partial charge >= 0.3 is 0 Å². The fourth-order valence-electron chi connectivity index (χ4n) is 2.71. The van der Waals surface area contributed by atoms with E-state index in [0.29, 0.717) is 6.04 Å². The van der Waals surface area contributed by atoms with Gasteiger partial charge in [-0.3, -0.25) is 4.68 Å². The minimum absolute atomic E-state index is 0.121. The van der Waals surface area contributed by atoms with Crippen LogP contribution in [0.15, 0.2) is 6.07 Å². The third kappa shape index (κ3) is 3.02. The fraction of sp³-hybridized carbons (Fsp3) is 0.812. The Balaban J connectivity index is 2.43. The number of likely N-dealkylation sites (N-methyl/N-ethyl adjacent to an activating group) is 1. The Bertz CT molecular complexity index is 446. The molecule has 0 aromatic carbocycles. The maximum atomic E-state index is 4.95. The molecule has 1 saturated heterocycles. The molecule has 108 valence electrons. The zero-order chi connectivity index (χ0) is 14.4. The summed E-state index contributed by atoms with van der Waals surface area (Å²) < 4.78 is 2.31. The third-order valence-corrected chi connectivity index (χ3v) is 3.98. The van der Waals surface area contributed by atoms with Crippen LogP contribution in [0.4, 0.5) is 0 Å². The van der Waals surface area contributed by atoms with Gasteiger partial charge in [-0.2, -0.15) is 5.10 Å². The van der Waals surface area contributed by atoms with Gasteiger partial charge in [-0.1, -0.05) is 41.5 Å². The van der Waals surface area contributed by atoms with Gasteiger partial charge in [0.2, 0.25) is 0 Å². The predicted octanol–water partition coefficient (Wildman–Crippen LogP) is 3.35. The summed E-state index contributed by atoms with van der Waals surface area (Å²) in [5.74, 6) is 0. The zero-order valence-electron chi connectivity index (χ0n) is 13.6. The van der Waals surface area contributed by atoms with Crippen LogP contribution >= 0.6 is 0 Å². The van der Waals surface area contributed by atoms with Gasteiger partial charge in [0.15, 0.2) is 0 Å². The summed E-state index contributed by atoms with van der Waals surface area (Å²) in [4.78, 5) is 2.40. The maximum Gasteiger partial charge on any atom is 0.0681 e. The summed E-state index contributed by atoms with van der Waals surface area (Å²) in [5.41, 5.74) is 2.86. The second-order valence-electron chi connectivity index (χ2n) is 8.06. The van der Waals surface area contributed by atoms with Crippen LogP contribution in [0.2, 0.25) is 0 Å². The Morgan fingerprint density at radius 2 is 1.74 bits per heavy atom. The quantitative estimate of drug-likeness (QED) is 0.774. The van der Waals surface area contributed by atoms with E-state index in [2.05, 4.69) is 64.2 Å². The Morgan fingerprint density at radius 3 is 2.16 bits per heavy atom. The summed E-state index contributed by atoms with van der Waals surface area (Å²) >= 11 is 0. The topological polar surface area (TPSA) is 21.1 Å². The molecule has 1 aromatic heterocycles. The average molecular weight is 263 g/mol. The van der Waals surface area contributed by atoms with E-state index in [9.17, 15) is 0 Å². The first-order valence-electron chi connectivity index (χ1n) is 7.38. The normalized spacial score (nSPS) is 22.2. The molecule has 1 fully saturated rings. The highest BCUT2D eigenvalue weighted by Crippen LogP contribution is 2.32. The zero-order valence-corrected chi connectivity index (χ0v) is 13.6. The molecule has 1 unspecified atom stereocenters. The van der Waals surface area contributed by atoms with Crippen molar-refractivity contribution in [3.63, 3.8) is 0 Å². The van der Waals surface area contributed by atoms with E-state index in [0.717, 1.165) is 6.54 Å². The van der Waals surface area contributed by atoms with Gasteiger partial charge in [0.05, 0.1) is 11.7 Å². The molecule has 3 nitrogen and oxygen atoms in total. The van der Waals surface area contributed by atoms with Gasteiger partial charge in [0, 0.05) is 23.1 Å². The van der Waals surface area contributed by atoms with Crippen LogP contribution in [-0.4, -0.2) is 34.8 Å². The van der Waals surface area contributed by atoms with E-state index in [1.807, 2.05) is 0 Å². The lowest BCUT2D eigenvalue weighted by molar-refractivity contribution is 0.363. The molecule has 0 amide bonds. The van der Waals surface area contributed by atoms with E-state index in [1.165, 1.54) is 24.4 Å². The SMILES string of the molecule is CN1CCC(n2nc(C(C)(C)C)cc2C(C)(C)C)C1. The van der Waals surface area contributed by atoms with Crippen LogP contribution in [0, 0.1) is 0 Å². The Hall–Kier alpha value is -0.830. The van der Waals surface area contributed by atoms with Gasteiger partial charge < -0.3 is 4.90 Å². The van der Waals surface area contributed by atoms with Crippen LogP contribution < -0.4 is 0 Å². The fourth-order valence-corrected chi connectivity index (χ4v) is 2.71. The number of nitrogens with zero attached hydrogens (tertiary/aromatic N) is 3. The van der Waals surface area contributed by atoms with Gasteiger partial charge in [0.1, 0.15) is 0 Å². The molecule has 1 aliphatic heterocycles. The molecular formula is C16H29N3. The van der Waals surface area contributed by atoms with Crippen LogP contribution in [0.1, 0.15) is 65.4 Å². The summed E-state index contributed by atoms with van der Waals surface area (Å²) in [5, 5.41) is 4.95. The molecule has 3 heteroatoms. The van der Waals surface area contributed by atoms with E-state index in [1.54, 1.807) is 0 Å². The van der Waals surface area contributed by atoms with Crippen molar-refractivity contribution in [1.82, 2.24) is 14.7 Å². The van der Waals surface area contributed by atoms with Crippen LogP contribution in [0.25, 0.3) is 0 Å². The molecule has 1 atom stereocenters. The van der Waals surface area contributed by atoms with Gasteiger partial charge in [-0.05, 0) is 26.1 Å². The Morgan fingerprint density at radius 1 is 1.11 bits per heavy atom. The maximum absolute atomic E-state index is 4.95. The highest BCUT2D eigenvalue weighted by atomic mass is 15.3. The van der Waals surface area contributed by atoms with Crippen molar-refractivity contribution in [1.29, 1.82) is 0 Å². The molecule has 2 heterocycles. The highest BCUT2D eigenvalue weighted by molar-refractivity contribution is 5.23. The molecule has 0 spiro atoms.